The largest absolute Gasteiger partial charge is 0.366 e. The standard InChI is InChI=1S/C8H10ClN5S/c1-14-4-6(11-5-14)2-3-10-8-7(9)12-15-13-8/h4-5H,2-3H2,1H3,(H,10,13). The van der Waals surface area contributed by atoms with E-state index in [0.717, 1.165) is 30.4 Å². The second kappa shape index (κ2) is 4.59. The SMILES string of the molecule is Cn1cnc(CCNc2nsnc2Cl)c1. The van der Waals surface area contributed by atoms with E-state index < -0.39 is 0 Å². The van der Waals surface area contributed by atoms with Gasteiger partial charge in [-0.2, -0.15) is 8.75 Å². The molecule has 0 atom stereocenters. The average Bonchev–Trinajstić information content (AvgIpc) is 2.77. The Morgan fingerprint density at radius 1 is 1.53 bits per heavy atom. The molecule has 0 saturated heterocycles. The summed E-state index contributed by atoms with van der Waals surface area (Å²) in [6, 6.07) is 0. The number of nitrogens with zero attached hydrogens (tertiary/aromatic N) is 4. The van der Waals surface area contributed by atoms with Gasteiger partial charge >= 0.3 is 0 Å². The highest BCUT2D eigenvalue weighted by atomic mass is 35.5. The molecule has 0 aliphatic heterocycles. The van der Waals surface area contributed by atoms with Crippen LogP contribution in [0.5, 0.6) is 0 Å². The minimum atomic E-state index is 0.432. The Bertz CT molecular complexity index is 438. The molecule has 5 nitrogen and oxygen atoms in total. The van der Waals surface area contributed by atoms with Crippen molar-refractivity contribution in [2.24, 2.45) is 7.05 Å². The number of aryl methyl sites for hydroxylation is 1. The summed E-state index contributed by atoms with van der Waals surface area (Å²) >= 11 is 6.88. The zero-order chi connectivity index (χ0) is 10.7. The summed E-state index contributed by atoms with van der Waals surface area (Å²) in [5.74, 6) is 0.651. The van der Waals surface area contributed by atoms with Crippen LogP contribution in [0.4, 0.5) is 5.82 Å². The molecular weight excluding hydrogens is 234 g/mol. The molecule has 0 aliphatic rings. The molecule has 80 valence electrons. The summed E-state index contributed by atoms with van der Waals surface area (Å²) in [6.07, 6.45) is 4.62. The van der Waals surface area contributed by atoms with Crippen molar-refractivity contribution >= 4 is 29.1 Å². The van der Waals surface area contributed by atoms with E-state index in [-0.39, 0.29) is 0 Å². The fraction of sp³-hybridized carbons (Fsp3) is 0.375. The highest BCUT2D eigenvalue weighted by molar-refractivity contribution is 6.99. The first-order chi connectivity index (χ1) is 7.25. The monoisotopic (exact) mass is 243 g/mol. The Morgan fingerprint density at radius 3 is 3.00 bits per heavy atom. The van der Waals surface area contributed by atoms with Crippen molar-refractivity contribution < 1.29 is 0 Å². The maximum Gasteiger partial charge on any atom is 0.186 e. The van der Waals surface area contributed by atoms with Gasteiger partial charge in [-0.15, -0.1) is 0 Å². The molecule has 0 aliphatic carbocycles. The topological polar surface area (TPSA) is 55.6 Å². The molecule has 0 radical (unpaired) electrons. The van der Waals surface area contributed by atoms with Gasteiger partial charge in [-0.3, -0.25) is 0 Å². The van der Waals surface area contributed by atoms with Crippen molar-refractivity contribution in [3.05, 3.63) is 23.4 Å². The van der Waals surface area contributed by atoms with E-state index in [1.165, 1.54) is 0 Å². The number of hydrogen-bond acceptors (Lipinski definition) is 5. The molecule has 0 amide bonds. The van der Waals surface area contributed by atoms with Crippen LogP contribution in [0.2, 0.25) is 5.15 Å². The van der Waals surface area contributed by atoms with Crippen LogP contribution in [0.15, 0.2) is 12.5 Å². The quantitative estimate of drug-likeness (QED) is 0.886. The molecule has 0 fully saturated rings. The lowest BCUT2D eigenvalue weighted by atomic mass is 10.3. The lowest BCUT2D eigenvalue weighted by molar-refractivity contribution is 0.910. The summed E-state index contributed by atoms with van der Waals surface area (Å²) in [5, 5.41) is 3.54. The normalized spacial score (nSPS) is 10.5. The predicted octanol–water partition coefficient (Wildman–Crippen LogP) is 1.58. The van der Waals surface area contributed by atoms with E-state index in [1.807, 2.05) is 17.8 Å². The molecule has 2 heterocycles. The van der Waals surface area contributed by atoms with Crippen molar-refractivity contribution in [3.8, 4) is 0 Å². The first-order valence-electron chi connectivity index (χ1n) is 4.44. The first kappa shape index (κ1) is 10.4. The lowest BCUT2D eigenvalue weighted by Crippen LogP contribution is -2.05. The fourth-order valence-electron chi connectivity index (χ4n) is 1.19. The van der Waals surface area contributed by atoms with E-state index in [1.54, 1.807) is 6.33 Å². The summed E-state index contributed by atoms with van der Waals surface area (Å²) in [4.78, 5) is 4.21. The summed E-state index contributed by atoms with van der Waals surface area (Å²) in [5.41, 5.74) is 1.05. The van der Waals surface area contributed by atoms with E-state index in [2.05, 4.69) is 19.0 Å². The van der Waals surface area contributed by atoms with Gasteiger partial charge in [0.05, 0.1) is 23.7 Å². The summed E-state index contributed by atoms with van der Waals surface area (Å²) < 4.78 is 9.80. The predicted molar refractivity (Wildman–Crippen MR) is 60.3 cm³/mol. The van der Waals surface area contributed by atoms with Gasteiger partial charge in [-0.05, 0) is 0 Å². The van der Waals surface area contributed by atoms with Gasteiger partial charge in [0.1, 0.15) is 0 Å². The van der Waals surface area contributed by atoms with E-state index >= 15 is 0 Å². The molecule has 1 N–H and O–H groups in total. The second-order valence-corrected chi connectivity index (χ2v) is 4.00. The summed E-state index contributed by atoms with van der Waals surface area (Å²) in [7, 11) is 1.95. The van der Waals surface area contributed by atoms with Crippen molar-refractivity contribution in [1.29, 1.82) is 0 Å². The van der Waals surface area contributed by atoms with Gasteiger partial charge in [0, 0.05) is 26.2 Å². The molecule has 0 unspecified atom stereocenters. The van der Waals surface area contributed by atoms with Gasteiger partial charge in [-0.1, -0.05) is 11.6 Å². The van der Waals surface area contributed by atoms with E-state index in [0.29, 0.717) is 11.0 Å². The van der Waals surface area contributed by atoms with Gasteiger partial charge in [-0.25, -0.2) is 4.98 Å². The highest BCUT2D eigenvalue weighted by Gasteiger charge is 2.04. The van der Waals surface area contributed by atoms with Crippen LogP contribution in [0, 0.1) is 0 Å². The van der Waals surface area contributed by atoms with Gasteiger partial charge in [0.15, 0.2) is 11.0 Å². The van der Waals surface area contributed by atoms with Crippen LogP contribution < -0.4 is 5.32 Å². The minimum Gasteiger partial charge on any atom is -0.366 e. The third-order valence-electron chi connectivity index (χ3n) is 1.88. The number of aromatic nitrogens is 4. The third kappa shape index (κ3) is 2.66. The molecule has 7 heteroatoms. The summed E-state index contributed by atoms with van der Waals surface area (Å²) in [6.45, 7) is 0.752. The zero-order valence-electron chi connectivity index (χ0n) is 8.14. The van der Waals surface area contributed by atoms with Gasteiger partial charge < -0.3 is 9.88 Å². The molecule has 0 bridgehead atoms. The number of anilines is 1. The van der Waals surface area contributed by atoms with Crippen LogP contribution in [0.1, 0.15) is 5.69 Å². The number of rotatable bonds is 4. The van der Waals surface area contributed by atoms with Crippen molar-refractivity contribution in [3.63, 3.8) is 0 Å². The first-order valence-corrected chi connectivity index (χ1v) is 5.55. The van der Waals surface area contributed by atoms with E-state index in [9.17, 15) is 0 Å². The Kier molecular flexibility index (Phi) is 3.17. The maximum atomic E-state index is 5.78. The Morgan fingerprint density at radius 2 is 2.40 bits per heavy atom. The Hall–Kier alpha value is -1.14. The number of imidazole rings is 1. The number of hydrogen-bond donors (Lipinski definition) is 1. The molecule has 0 aromatic carbocycles. The van der Waals surface area contributed by atoms with Crippen LogP contribution in [-0.2, 0) is 13.5 Å². The van der Waals surface area contributed by atoms with E-state index in [4.69, 9.17) is 11.6 Å². The zero-order valence-corrected chi connectivity index (χ0v) is 9.72. The molecule has 0 spiro atoms. The fourth-order valence-corrected chi connectivity index (χ4v) is 1.87. The third-order valence-corrected chi connectivity index (χ3v) is 2.77. The van der Waals surface area contributed by atoms with Crippen molar-refractivity contribution in [2.45, 2.75) is 6.42 Å². The molecule has 2 rings (SSSR count). The van der Waals surface area contributed by atoms with Gasteiger partial charge in [0.2, 0.25) is 0 Å². The maximum absolute atomic E-state index is 5.78. The van der Waals surface area contributed by atoms with Crippen molar-refractivity contribution in [1.82, 2.24) is 18.3 Å². The lowest BCUT2D eigenvalue weighted by Gasteiger charge is -2.00. The smallest absolute Gasteiger partial charge is 0.186 e. The van der Waals surface area contributed by atoms with Crippen LogP contribution in [-0.4, -0.2) is 24.8 Å². The minimum absolute atomic E-state index is 0.432. The van der Waals surface area contributed by atoms with Gasteiger partial charge in [0.25, 0.3) is 0 Å². The molecule has 0 saturated carbocycles. The molecule has 2 aromatic heterocycles. The van der Waals surface area contributed by atoms with Crippen LogP contribution in [0.25, 0.3) is 0 Å². The molecule has 2 aromatic rings. The molecular formula is C8H10ClN5S. The Labute approximate surface area is 96.4 Å². The number of halogens is 1. The van der Waals surface area contributed by atoms with Crippen molar-refractivity contribution in [2.75, 3.05) is 11.9 Å². The average molecular weight is 244 g/mol. The van der Waals surface area contributed by atoms with Crippen LogP contribution >= 0.6 is 23.3 Å². The van der Waals surface area contributed by atoms with Crippen LogP contribution in [0.3, 0.4) is 0 Å². The highest BCUT2D eigenvalue weighted by Crippen LogP contribution is 2.17. The number of nitrogens with one attached hydrogen (secondary N) is 1. The Balaban J connectivity index is 1.83. The molecule has 15 heavy (non-hydrogen) atoms. The second-order valence-electron chi connectivity index (χ2n) is 3.11.